The molecule has 0 N–H and O–H groups in total. The van der Waals surface area contributed by atoms with Gasteiger partial charge in [-0.2, -0.15) is 10.5 Å². The molecule has 0 saturated carbocycles. The summed E-state index contributed by atoms with van der Waals surface area (Å²) in [5, 5.41) is 18.5. The van der Waals surface area contributed by atoms with Crippen LogP contribution in [0.15, 0.2) is 41.4 Å². The van der Waals surface area contributed by atoms with Crippen LogP contribution in [0.5, 0.6) is 0 Å². The summed E-state index contributed by atoms with van der Waals surface area (Å²) in [7, 11) is 0. The van der Waals surface area contributed by atoms with Crippen LogP contribution >= 0.6 is 11.8 Å². The van der Waals surface area contributed by atoms with Gasteiger partial charge in [0.2, 0.25) is 5.91 Å². The number of benzene rings is 1. The summed E-state index contributed by atoms with van der Waals surface area (Å²) in [5.41, 5.74) is 2.93. The number of rotatable bonds is 6. The summed E-state index contributed by atoms with van der Waals surface area (Å²) in [6.07, 6.45) is 0.253. The van der Waals surface area contributed by atoms with Crippen LogP contribution < -0.4 is 4.90 Å². The number of thioether (sulfide) groups is 1. The Labute approximate surface area is 158 Å². The molecular formula is C20H20N4OS. The second-order valence-electron chi connectivity index (χ2n) is 5.87. The molecule has 0 aliphatic carbocycles. The van der Waals surface area contributed by atoms with Crippen molar-refractivity contribution in [2.24, 2.45) is 0 Å². The number of nitriles is 2. The van der Waals surface area contributed by atoms with E-state index in [0.29, 0.717) is 17.1 Å². The van der Waals surface area contributed by atoms with E-state index in [2.05, 4.69) is 17.1 Å². The van der Waals surface area contributed by atoms with Crippen LogP contribution in [-0.2, 0) is 4.79 Å². The molecule has 2 rings (SSSR count). The molecule has 1 heterocycles. The number of pyridine rings is 1. The fourth-order valence-electron chi connectivity index (χ4n) is 2.60. The Kier molecular flexibility index (Phi) is 6.77. The maximum Gasteiger partial charge on any atom is 0.240 e. The van der Waals surface area contributed by atoms with Crippen molar-refractivity contribution in [3.05, 3.63) is 53.2 Å². The van der Waals surface area contributed by atoms with Gasteiger partial charge in [0.25, 0.3) is 0 Å². The number of amides is 1. The Hall–Kier alpha value is -2.83. The number of hydrogen-bond donors (Lipinski definition) is 0. The van der Waals surface area contributed by atoms with Gasteiger partial charge in [0.15, 0.2) is 0 Å². The number of hydrogen-bond acceptors (Lipinski definition) is 5. The highest BCUT2D eigenvalue weighted by Gasteiger charge is 2.24. The van der Waals surface area contributed by atoms with Crippen molar-refractivity contribution >= 4 is 23.4 Å². The number of para-hydroxylation sites is 1. The zero-order valence-corrected chi connectivity index (χ0v) is 15.9. The van der Waals surface area contributed by atoms with E-state index in [4.69, 9.17) is 5.26 Å². The van der Waals surface area contributed by atoms with E-state index in [1.807, 2.05) is 50.2 Å². The minimum absolute atomic E-state index is 0.110. The van der Waals surface area contributed by atoms with Crippen LogP contribution in [0.2, 0.25) is 0 Å². The summed E-state index contributed by atoms with van der Waals surface area (Å²) in [6, 6.07) is 15.4. The minimum Gasteiger partial charge on any atom is -0.310 e. The molecule has 0 aliphatic rings. The van der Waals surface area contributed by atoms with Crippen molar-refractivity contribution in [3.8, 4) is 12.1 Å². The van der Waals surface area contributed by atoms with Crippen molar-refractivity contribution in [1.29, 1.82) is 10.5 Å². The molecule has 0 radical (unpaired) electrons. The average molecular weight is 364 g/mol. The van der Waals surface area contributed by atoms with Gasteiger partial charge in [-0.25, -0.2) is 4.98 Å². The van der Waals surface area contributed by atoms with Crippen molar-refractivity contribution in [2.45, 2.75) is 37.5 Å². The molecule has 1 aromatic carbocycles. The standard InChI is InChI=1S/C20H20N4OS/c1-14-12-15(2)23-19(18(14)13-22)26-16(3)20(25)24(11-7-10-21)17-8-5-4-6-9-17/h4-6,8-9,12,16H,7,11H2,1-3H3. The van der Waals surface area contributed by atoms with Gasteiger partial charge in [-0.3, -0.25) is 4.79 Å². The number of nitrogens with zero attached hydrogens (tertiary/aromatic N) is 4. The molecule has 1 aromatic heterocycles. The monoisotopic (exact) mass is 364 g/mol. The molecule has 1 amide bonds. The maximum atomic E-state index is 13.0. The average Bonchev–Trinajstić information content (AvgIpc) is 2.62. The van der Waals surface area contributed by atoms with Crippen LogP contribution in [0.25, 0.3) is 0 Å². The molecule has 0 fully saturated rings. The lowest BCUT2D eigenvalue weighted by Crippen LogP contribution is -2.37. The van der Waals surface area contributed by atoms with E-state index in [0.717, 1.165) is 16.9 Å². The molecule has 0 aliphatic heterocycles. The summed E-state index contributed by atoms with van der Waals surface area (Å²) >= 11 is 1.28. The molecule has 1 unspecified atom stereocenters. The summed E-state index contributed by atoms with van der Waals surface area (Å²) in [5.74, 6) is -0.110. The maximum absolute atomic E-state index is 13.0. The highest BCUT2D eigenvalue weighted by molar-refractivity contribution is 8.00. The van der Waals surface area contributed by atoms with Gasteiger partial charge in [0.05, 0.1) is 23.3 Å². The van der Waals surface area contributed by atoms with Gasteiger partial charge in [-0.1, -0.05) is 30.0 Å². The highest BCUT2D eigenvalue weighted by atomic mass is 32.2. The molecule has 0 spiro atoms. The molecule has 5 nitrogen and oxygen atoms in total. The molecule has 6 heteroatoms. The first-order valence-electron chi connectivity index (χ1n) is 8.26. The molecule has 1 atom stereocenters. The molecule has 132 valence electrons. The minimum atomic E-state index is -0.435. The Morgan fingerprint density at radius 3 is 2.58 bits per heavy atom. The molecule has 0 bridgehead atoms. The smallest absolute Gasteiger partial charge is 0.240 e. The Morgan fingerprint density at radius 2 is 1.96 bits per heavy atom. The zero-order chi connectivity index (χ0) is 19.1. The predicted molar refractivity (Wildman–Crippen MR) is 103 cm³/mol. The van der Waals surface area contributed by atoms with Crippen LogP contribution in [-0.4, -0.2) is 22.7 Å². The first-order valence-corrected chi connectivity index (χ1v) is 9.14. The third kappa shape index (κ3) is 4.62. The Balaban J connectivity index is 2.27. The van der Waals surface area contributed by atoms with Gasteiger partial charge in [0.1, 0.15) is 11.1 Å². The SMILES string of the molecule is Cc1cc(C)c(C#N)c(SC(C)C(=O)N(CCC#N)c2ccccc2)n1. The topological polar surface area (TPSA) is 80.8 Å². The van der Waals surface area contributed by atoms with Crippen LogP contribution in [0.4, 0.5) is 5.69 Å². The number of carbonyl (C=O) groups excluding carboxylic acids is 1. The zero-order valence-electron chi connectivity index (χ0n) is 15.1. The van der Waals surface area contributed by atoms with Crippen molar-refractivity contribution in [3.63, 3.8) is 0 Å². The summed E-state index contributed by atoms with van der Waals surface area (Å²) in [6.45, 7) is 5.87. The fraction of sp³-hybridized carbons (Fsp3) is 0.300. The number of aryl methyl sites for hydroxylation is 2. The van der Waals surface area contributed by atoms with E-state index in [1.54, 1.807) is 11.8 Å². The van der Waals surface area contributed by atoms with Gasteiger partial charge in [-0.15, -0.1) is 0 Å². The predicted octanol–water partition coefficient (Wildman–Crippen LogP) is 4.00. The molecular weight excluding hydrogens is 344 g/mol. The summed E-state index contributed by atoms with van der Waals surface area (Å²) < 4.78 is 0. The number of aromatic nitrogens is 1. The van der Waals surface area contributed by atoms with Gasteiger partial charge >= 0.3 is 0 Å². The second kappa shape index (κ2) is 9.03. The van der Waals surface area contributed by atoms with Crippen molar-refractivity contribution in [1.82, 2.24) is 4.98 Å². The normalized spacial score (nSPS) is 11.3. The Morgan fingerprint density at radius 1 is 1.27 bits per heavy atom. The summed E-state index contributed by atoms with van der Waals surface area (Å²) in [4.78, 5) is 19.1. The van der Waals surface area contributed by atoms with E-state index >= 15 is 0 Å². The second-order valence-corrected chi connectivity index (χ2v) is 7.20. The third-order valence-corrected chi connectivity index (χ3v) is 4.91. The van der Waals surface area contributed by atoms with E-state index in [-0.39, 0.29) is 12.3 Å². The number of carbonyl (C=O) groups is 1. The van der Waals surface area contributed by atoms with Gasteiger partial charge in [0, 0.05) is 17.9 Å². The molecule has 0 saturated heterocycles. The third-order valence-electron chi connectivity index (χ3n) is 3.84. The van der Waals surface area contributed by atoms with Crippen molar-refractivity contribution in [2.75, 3.05) is 11.4 Å². The fourth-order valence-corrected chi connectivity index (χ4v) is 3.68. The van der Waals surface area contributed by atoms with Crippen LogP contribution in [0.3, 0.4) is 0 Å². The highest BCUT2D eigenvalue weighted by Crippen LogP contribution is 2.29. The lowest BCUT2D eigenvalue weighted by molar-refractivity contribution is -0.117. The lowest BCUT2D eigenvalue weighted by atomic mass is 10.1. The van der Waals surface area contributed by atoms with Gasteiger partial charge in [-0.05, 0) is 44.5 Å². The van der Waals surface area contributed by atoms with E-state index in [9.17, 15) is 10.1 Å². The Bertz CT molecular complexity index is 868. The van der Waals surface area contributed by atoms with Crippen LogP contribution in [0, 0.1) is 36.5 Å². The van der Waals surface area contributed by atoms with Crippen molar-refractivity contribution < 1.29 is 4.79 Å². The largest absolute Gasteiger partial charge is 0.310 e. The van der Waals surface area contributed by atoms with E-state index < -0.39 is 5.25 Å². The molecule has 26 heavy (non-hydrogen) atoms. The lowest BCUT2D eigenvalue weighted by Gasteiger charge is -2.25. The molecule has 2 aromatic rings. The first kappa shape index (κ1) is 19.5. The first-order chi connectivity index (χ1) is 12.5. The van der Waals surface area contributed by atoms with E-state index in [1.165, 1.54) is 11.8 Å². The van der Waals surface area contributed by atoms with Crippen LogP contribution in [0.1, 0.15) is 30.2 Å². The number of anilines is 1. The van der Waals surface area contributed by atoms with Gasteiger partial charge < -0.3 is 4.90 Å². The quantitative estimate of drug-likeness (QED) is 0.724.